The average Bonchev–Trinajstić information content (AvgIpc) is 3.40. The second-order valence-corrected chi connectivity index (χ2v) is 10.2. The second kappa shape index (κ2) is 12.0. The molecule has 6 nitrogen and oxygen atoms in total. The van der Waals surface area contributed by atoms with Crippen molar-refractivity contribution in [1.29, 1.82) is 0 Å². The Hall–Kier alpha value is -3.45. The van der Waals surface area contributed by atoms with Crippen LogP contribution in [0.5, 0.6) is 5.75 Å². The van der Waals surface area contributed by atoms with Crippen LogP contribution in [0.3, 0.4) is 0 Å². The molecule has 1 atom stereocenters. The van der Waals surface area contributed by atoms with Crippen LogP contribution in [0.15, 0.2) is 66.0 Å². The van der Waals surface area contributed by atoms with Crippen molar-refractivity contribution in [3.8, 4) is 5.75 Å². The van der Waals surface area contributed by atoms with Gasteiger partial charge in [-0.15, -0.1) is 11.3 Å². The van der Waals surface area contributed by atoms with Gasteiger partial charge in [0.1, 0.15) is 11.8 Å². The normalized spacial score (nSPS) is 14.6. The number of anilines is 1. The largest absolute Gasteiger partial charge is 0.497 e. The van der Waals surface area contributed by atoms with E-state index in [1.54, 1.807) is 42.3 Å². The number of nitrogens with one attached hydrogen (secondary N) is 1. The Kier molecular flexibility index (Phi) is 8.54. The van der Waals surface area contributed by atoms with Gasteiger partial charge in [-0.25, -0.2) is 0 Å². The van der Waals surface area contributed by atoms with Crippen molar-refractivity contribution >= 4 is 34.6 Å². The van der Waals surface area contributed by atoms with Gasteiger partial charge in [-0.3, -0.25) is 19.3 Å². The van der Waals surface area contributed by atoms with E-state index in [0.717, 1.165) is 30.6 Å². The van der Waals surface area contributed by atoms with Crippen LogP contribution in [0.25, 0.3) is 0 Å². The lowest BCUT2D eigenvalue weighted by atomic mass is 9.94. The van der Waals surface area contributed by atoms with Gasteiger partial charge in [0.2, 0.25) is 11.8 Å². The Morgan fingerprint density at radius 2 is 1.78 bits per heavy atom. The topological polar surface area (TPSA) is 75.7 Å². The van der Waals surface area contributed by atoms with Gasteiger partial charge in [-0.1, -0.05) is 37.5 Å². The van der Waals surface area contributed by atoms with Gasteiger partial charge in [-0.05, 0) is 73.2 Å². The molecule has 1 aromatic heterocycles. The van der Waals surface area contributed by atoms with E-state index in [9.17, 15) is 14.4 Å². The molecule has 1 aliphatic carbocycles. The molecule has 1 heterocycles. The van der Waals surface area contributed by atoms with Crippen LogP contribution in [0.2, 0.25) is 0 Å². The molecule has 1 fully saturated rings. The van der Waals surface area contributed by atoms with Crippen molar-refractivity contribution in [2.75, 3.05) is 12.0 Å². The molecule has 36 heavy (non-hydrogen) atoms. The zero-order valence-electron chi connectivity index (χ0n) is 20.7. The van der Waals surface area contributed by atoms with Crippen LogP contribution in [0.1, 0.15) is 65.9 Å². The van der Waals surface area contributed by atoms with Gasteiger partial charge in [-0.2, -0.15) is 0 Å². The molecular weight excluding hydrogens is 472 g/mol. The van der Waals surface area contributed by atoms with Crippen molar-refractivity contribution < 1.29 is 19.1 Å². The summed E-state index contributed by atoms with van der Waals surface area (Å²) in [7, 11) is 1.58. The molecule has 0 radical (unpaired) electrons. The number of amides is 2. The van der Waals surface area contributed by atoms with Gasteiger partial charge >= 0.3 is 0 Å². The number of hydrogen-bond donors (Lipinski definition) is 1. The van der Waals surface area contributed by atoms with E-state index in [1.807, 2.05) is 35.7 Å². The summed E-state index contributed by atoms with van der Waals surface area (Å²) in [6, 6.07) is 17.2. The molecule has 0 bridgehead atoms. The fourth-order valence-corrected chi connectivity index (χ4v) is 5.39. The summed E-state index contributed by atoms with van der Waals surface area (Å²) in [5.74, 6) is 0.142. The summed E-state index contributed by atoms with van der Waals surface area (Å²) >= 11 is 1.51. The monoisotopic (exact) mass is 504 g/mol. The van der Waals surface area contributed by atoms with Gasteiger partial charge in [0.15, 0.2) is 5.78 Å². The first-order chi connectivity index (χ1) is 17.5. The summed E-state index contributed by atoms with van der Waals surface area (Å²) < 4.78 is 5.44. The van der Waals surface area contributed by atoms with Gasteiger partial charge in [0.05, 0.1) is 13.5 Å². The maximum Gasteiger partial charge on any atom is 0.248 e. The van der Waals surface area contributed by atoms with Crippen molar-refractivity contribution in [2.24, 2.45) is 0 Å². The van der Waals surface area contributed by atoms with E-state index in [0.29, 0.717) is 22.6 Å². The van der Waals surface area contributed by atoms with E-state index >= 15 is 0 Å². The Morgan fingerprint density at radius 1 is 1.03 bits per heavy atom. The lowest BCUT2D eigenvalue weighted by Crippen LogP contribution is -2.47. The number of hydrogen-bond acceptors (Lipinski definition) is 5. The van der Waals surface area contributed by atoms with Crippen molar-refractivity contribution in [3.05, 3.63) is 82.0 Å². The molecule has 2 amide bonds. The number of ether oxygens (including phenoxy) is 1. The summed E-state index contributed by atoms with van der Waals surface area (Å²) in [6.07, 6.45) is 5.40. The first-order valence-corrected chi connectivity index (χ1v) is 13.2. The number of ketones is 1. The molecule has 0 unspecified atom stereocenters. The molecule has 0 saturated heterocycles. The highest BCUT2D eigenvalue weighted by Gasteiger charge is 2.34. The van der Waals surface area contributed by atoms with Gasteiger partial charge in [0, 0.05) is 22.2 Å². The Morgan fingerprint density at radius 3 is 2.42 bits per heavy atom. The highest BCUT2D eigenvalue weighted by molar-refractivity contribution is 7.10. The molecule has 0 aliphatic heterocycles. The standard InChI is InChI=1S/C29H32N2O4S/c1-20(32)21-13-15-24(16-14-21)31(27(33)19-26-12-7-17-36-26)28(22-8-6-11-25(18-22)35-2)29(34)30-23-9-4-3-5-10-23/h6-8,11-18,23,28H,3-5,9-10,19H2,1-2H3,(H,30,34)/t28-/m0/s1. The SMILES string of the molecule is COc1cccc([C@@H](C(=O)NC2CCCCC2)N(C(=O)Cc2cccs2)c2ccc(C(C)=O)cc2)c1. The molecule has 188 valence electrons. The number of thiophene rings is 1. The summed E-state index contributed by atoms with van der Waals surface area (Å²) in [5.41, 5.74) is 1.78. The minimum Gasteiger partial charge on any atom is -0.497 e. The third kappa shape index (κ3) is 6.21. The molecule has 4 rings (SSSR count). The fourth-order valence-electron chi connectivity index (χ4n) is 4.70. The summed E-state index contributed by atoms with van der Waals surface area (Å²) in [6.45, 7) is 1.51. The first kappa shape index (κ1) is 25.6. The van der Waals surface area contributed by atoms with Crippen LogP contribution in [-0.2, 0) is 16.0 Å². The quantitative estimate of drug-likeness (QED) is 0.378. The van der Waals surface area contributed by atoms with Crippen molar-refractivity contribution in [1.82, 2.24) is 5.32 Å². The zero-order valence-corrected chi connectivity index (χ0v) is 21.6. The van der Waals surface area contributed by atoms with Crippen molar-refractivity contribution in [3.63, 3.8) is 0 Å². The first-order valence-electron chi connectivity index (χ1n) is 12.4. The number of carbonyl (C=O) groups is 3. The third-order valence-corrected chi connectivity index (χ3v) is 7.47. The Balaban J connectivity index is 1.77. The minimum absolute atomic E-state index is 0.0580. The Labute approximate surface area is 216 Å². The molecule has 7 heteroatoms. The highest BCUT2D eigenvalue weighted by Crippen LogP contribution is 2.32. The van der Waals surface area contributed by atoms with Crippen LogP contribution < -0.4 is 15.0 Å². The molecule has 3 aromatic rings. The Bertz CT molecular complexity index is 1180. The van der Waals surface area contributed by atoms with Crippen LogP contribution in [0.4, 0.5) is 5.69 Å². The molecule has 1 saturated carbocycles. The summed E-state index contributed by atoms with van der Waals surface area (Å²) in [4.78, 5) is 42.1. The van der Waals surface area contributed by atoms with E-state index in [1.165, 1.54) is 24.7 Å². The molecule has 2 aromatic carbocycles. The predicted octanol–water partition coefficient (Wildman–Crippen LogP) is 5.73. The van der Waals surface area contributed by atoms with Crippen LogP contribution >= 0.6 is 11.3 Å². The van der Waals surface area contributed by atoms with E-state index < -0.39 is 6.04 Å². The third-order valence-electron chi connectivity index (χ3n) is 6.59. The lowest BCUT2D eigenvalue weighted by molar-refractivity contribution is -0.127. The molecule has 0 spiro atoms. The molecular formula is C29H32N2O4S. The van der Waals surface area contributed by atoms with Crippen LogP contribution in [-0.4, -0.2) is 30.7 Å². The van der Waals surface area contributed by atoms with E-state index in [-0.39, 0.29) is 30.1 Å². The van der Waals surface area contributed by atoms with Crippen LogP contribution in [0, 0.1) is 0 Å². The minimum atomic E-state index is -0.891. The van der Waals surface area contributed by atoms with Gasteiger partial charge < -0.3 is 10.1 Å². The van der Waals surface area contributed by atoms with E-state index in [2.05, 4.69) is 5.32 Å². The van der Waals surface area contributed by atoms with Gasteiger partial charge in [0.25, 0.3) is 0 Å². The summed E-state index contributed by atoms with van der Waals surface area (Å²) in [5, 5.41) is 5.16. The number of carbonyl (C=O) groups excluding carboxylic acids is 3. The maximum absolute atomic E-state index is 13.9. The highest BCUT2D eigenvalue weighted by atomic mass is 32.1. The maximum atomic E-state index is 13.9. The van der Waals surface area contributed by atoms with Crippen molar-refractivity contribution in [2.45, 2.75) is 57.5 Å². The van der Waals surface area contributed by atoms with E-state index in [4.69, 9.17) is 4.74 Å². The average molecular weight is 505 g/mol. The number of Topliss-reactive ketones (excluding diaryl/α,β-unsaturated/α-hetero) is 1. The number of benzene rings is 2. The smallest absolute Gasteiger partial charge is 0.248 e. The zero-order chi connectivity index (χ0) is 25.5. The molecule has 1 N–H and O–H groups in total. The lowest BCUT2D eigenvalue weighted by Gasteiger charge is -2.33. The second-order valence-electron chi connectivity index (χ2n) is 9.15. The molecule has 1 aliphatic rings. The predicted molar refractivity (Wildman–Crippen MR) is 143 cm³/mol. The number of rotatable bonds is 9. The number of nitrogens with zero attached hydrogens (tertiary/aromatic N) is 1. The number of methoxy groups -OCH3 is 1. The fraction of sp³-hybridized carbons (Fsp3) is 0.345.